The van der Waals surface area contributed by atoms with Gasteiger partial charge < -0.3 is 9.84 Å². The number of carbonyl (C=O) groups excluding carboxylic acids is 1. The number of benzene rings is 2. The van der Waals surface area contributed by atoms with Crippen LogP contribution >= 0.6 is 0 Å². The van der Waals surface area contributed by atoms with Gasteiger partial charge in [0, 0.05) is 44.5 Å². The first-order chi connectivity index (χ1) is 13.6. The zero-order valence-corrected chi connectivity index (χ0v) is 16.4. The second kappa shape index (κ2) is 8.12. The number of carbonyl (C=O) groups is 1. The van der Waals surface area contributed by atoms with E-state index in [4.69, 9.17) is 4.52 Å². The van der Waals surface area contributed by atoms with E-state index in [1.807, 2.05) is 50.2 Å². The molecule has 1 fully saturated rings. The van der Waals surface area contributed by atoms with Crippen LogP contribution in [0.2, 0.25) is 0 Å². The summed E-state index contributed by atoms with van der Waals surface area (Å²) in [6.07, 6.45) is 0. The molecule has 0 bridgehead atoms. The van der Waals surface area contributed by atoms with Crippen LogP contribution < -0.4 is 5.32 Å². The van der Waals surface area contributed by atoms with E-state index in [0.717, 1.165) is 55.3 Å². The largest absolute Gasteiger partial charge is 0.361 e. The zero-order valence-electron chi connectivity index (χ0n) is 16.4. The molecule has 0 saturated carbocycles. The van der Waals surface area contributed by atoms with Crippen molar-refractivity contribution in [3.63, 3.8) is 0 Å². The molecule has 6 nitrogen and oxygen atoms in total. The van der Waals surface area contributed by atoms with Gasteiger partial charge in [-0.3, -0.25) is 14.6 Å². The molecular weight excluding hydrogens is 352 g/mol. The first kappa shape index (κ1) is 18.7. The maximum absolute atomic E-state index is 12.7. The maximum atomic E-state index is 12.7. The van der Waals surface area contributed by atoms with Crippen molar-refractivity contribution in [2.24, 2.45) is 0 Å². The molecule has 28 heavy (non-hydrogen) atoms. The van der Waals surface area contributed by atoms with Gasteiger partial charge in [0.15, 0.2) is 0 Å². The molecule has 3 aromatic rings. The number of hydrogen-bond acceptors (Lipinski definition) is 5. The van der Waals surface area contributed by atoms with Crippen LogP contribution in [0, 0.1) is 6.92 Å². The number of hydrogen-bond donors (Lipinski definition) is 1. The van der Waals surface area contributed by atoms with Crippen molar-refractivity contribution in [2.45, 2.75) is 26.4 Å². The minimum absolute atomic E-state index is 0.0378. The van der Waals surface area contributed by atoms with Crippen molar-refractivity contribution < 1.29 is 9.32 Å². The molecule has 0 aliphatic carbocycles. The zero-order chi connectivity index (χ0) is 19.5. The lowest BCUT2D eigenvalue weighted by Crippen LogP contribution is -2.52. The standard InChI is InChI=1S/C22H26N4O2/c1-16-13-21(24-28-16)15-25-9-11-26(12-10-25)17(2)22(27)23-20-8-7-18-5-3-4-6-19(18)14-20/h3-8,13-14,17H,9-12,15H2,1-2H3,(H,23,27)/t17-/m1/s1. The van der Waals surface area contributed by atoms with Crippen LogP contribution in [0.5, 0.6) is 0 Å². The fraction of sp³-hybridized carbons (Fsp3) is 0.364. The van der Waals surface area contributed by atoms with Crippen LogP contribution in [-0.4, -0.2) is 53.1 Å². The molecule has 4 rings (SSSR count). The molecule has 6 heteroatoms. The molecule has 1 aliphatic heterocycles. The van der Waals surface area contributed by atoms with Crippen LogP contribution in [0.25, 0.3) is 10.8 Å². The Balaban J connectivity index is 1.31. The summed E-state index contributed by atoms with van der Waals surface area (Å²) in [5.74, 6) is 0.878. The average molecular weight is 378 g/mol. The molecule has 0 spiro atoms. The van der Waals surface area contributed by atoms with E-state index < -0.39 is 0 Å². The first-order valence-corrected chi connectivity index (χ1v) is 9.77. The number of nitrogens with one attached hydrogen (secondary N) is 1. The fourth-order valence-electron chi connectivity index (χ4n) is 3.71. The second-order valence-electron chi connectivity index (χ2n) is 7.47. The molecule has 0 radical (unpaired) electrons. The van der Waals surface area contributed by atoms with Crippen molar-refractivity contribution in [3.8, 4) is 0 Å². The van der Waals surface area contributed by atoms with Gasteiger partial charge in [-0.1, -0.05) is 35.5 Å². The lowest BCUT2D eigenvalue weighted by molar-refractivity contribution is -0.121. The van der Waals surface area contributed by atoms with Crippen molar-refractivity contribution in [1.29, 1.82) is 0 Å². The predicted molar refractivity (Wildman–Crippen MR) is 110 cm³/mol. The number of aromatic nitrogens is 1. The normalized spacial score (nSPS) is 16.9. The van der Waals surface area contributed by atoms with Crippen molar-refractivity contribution in [3.05, 3.63) is 60.0 Å². The number of nitrogens with zero attached hydrogens (tertiary/aromatic N) is 3. The fourth-order valence-corrected chi connectivity index (χ4v) is 3.71. The van der Waals surface area contributed by atoms with E-state index in [9.17, 15) is 4.79 Å². The third-order valence-corrected chi connectivity index (χ3v) is 5.41. The third kappa shape index (κ3) is 4.24. The Bertz CT molecular complexity index is 960. The summed E-state index contributed by atoms with van der Waals surface area (Å²) in [4.78, 5) is 17.3. The topological polar surface area (TPSA) is 61.6 Å². The van der Waals surface area contributed by atoms with Crippen LogP contribution in [0.3, 0.4) is 0 Å². The highest BCUT2D eigenvalue weighted by Crippen LogP contribution is 2.19. The summed E-state index contributed by atoms with van der Waals surface area (Å²) < 4.78 is 5.14. The number of amides is 1. The highest BCUT2D eigenvalue weighted by Gasteiger charge is 2.26. The molecule has 1 atom stereocenters. The molecular formula is C22H26N4O2. The van der Waals surface area contributed by atoms with Gasteiger partial charge in [-0.05, 0) is 36.8 Å². The lowest BCUT2D eigenvalue weighted by atomic mass is 10.1. The van der Waals surface area contributed by atoms with Crippen LogP contribution in [0.1, 0.15) is 18.4 Å². The minimum Gasteiger partial charge on any atom is -0.361 e. The number of aryl methyl sites for hydroxylation is 1. The van der Waals surface area contributed by atoms with E-state index in [2.05, 4.69) is 32.4 Å². The Labute approximate surface area is 165 Å². The van der Waals surface area contributed by atoms with Crippen molar-refractivity contribution >= 4 is 22.4 Å². The number of piperazine rings is 1. The summed E-state index contributed by atoms with van der Waals surface area (Å²) in [5.41, 5.74) is 1.81. The van der Waals surface area contributed by atoms with Crippen LogP contribution in [-0.2, 0) is 11.3 Å². The Morgan fingerprint density at radius 2 is 1.86 bits per heavy atom. The van der Waals surface area contributed by atoms with E-state index in [1.165, 1.54) is 5.39 Å². The number of anilines is 1. The third-order valence-electron chi connectivity index (χ3n) is 5.41. The Kier molecular flexibility index (Phi) is 5.41. The summed E-state index contributed by atoms with van der Waals surface area (Å²) in [5, 5.41) is 9.44. The summed E-state index contributed by atoms with van der Waals surface area (Å²) in [6.45, 7) is 8.24. The van der Waals surface area contributed by atoms with Gasteiger partial charge in [0.2, 0.25) is 5.91 Å². The van der Waals surface area contributed by atoms with Crippen molar-refractivity contribution in [1.82, 2.24) is 15.0 Å². The predicted octanol–water partition coefficient (Wildman–Crippen LogP) is 3.28. The number of fused-ring (bicyclic) bond motifs is 1. The molecule has 1 aliphatic rings. The van der Waals surface area contributed by atoms with E-state index >= 15 is 0 Å². The summed E-state index contributed by atoms with van der Waals surface area (Å²) in [6, 6.07) is 16.0. The van der Waals surface area contributed by atoms with Gasteiger partial charge in [-0.25, -0.2) is 0 Å². The maximum Gasteiger partial charge on any atom is 0.241 e. The van der Waals surface area contributed by atoms with Crippen molar-refractivity contribution in [2.75, 3.05) is 31.5 Å². The lowest BCUT2D eigenvalue weighted by Gasteiger charge is -2.37. The highest BCUT2D eigenvalue weighted by molar-refractivity contribution is 5.97. The van der Waals surface area contributed by atoms with E-state index in [0.29, 0.717) is 0 Å². The second-order valence-corrected chi connectivity index (χ2v) is 7.47. The first-order valence-electron chi connectivity index (χ1n) is 9.77. The van der Waals surface area contributed by atoms with Crippen LogP contribution in [0.15, 0.2) is 53.1 Å². The summed E-state index contributed by atoms with van der Waals surface area (Å²) in [7, 11) is 0. The van der Waals surface area contributed by atoms with E-state index in [-0.39, 0.29) is 11.9 Å². The molecule has 2 heterocycles. The average Bonchev–Trinajstić information content (AvgIpc) is 3.12. The van der Waals surface area contributed by atoms with Crippen LogP contribution in [0.4, 0.5) is 5.69 Å². The quantitative estimate of drug-likeness (QED) is 0.738. The molecule has 2 aromatic carbocycles. The Hall–Kier alpha value is -2.70. The molecule has 1 aromatic heterocycles. The van der Waals surface area contributed by atoms with Gasteiger partial charge in [0.1, 0.15) is 5.76 Å². The number of rotatable bonds is 5. The smallest absolute Gasteiger partial charge is 0.241 e. The van der Waals surface area contributed by atoms with Gasteiger partial charge in [0.05, 0.1) is 11.7 Å². The van der Waals surface area contributed by atoms with Gasteiger partial charge >= 0.3 is 0 Å². The van der Waals surface area contributed by atoms with Gasteiger partial charge in [-0.2, -0.15) is 0 Å². The molecule has 0 unspecified atom stereocenters. The molecule has 1 saturated heterocycles. The summed E-state index contributed by atoms with van der Waals surface area (Å²) >= 11 is 0. The van der Waals surface area contributed by atoms with E-state index in [1.54, 1.807) is 0 Å². The molecule has 146 valence electrons. The monoisotopic (exact) mass is 378 g/mol. The highest BCUT2D eigenvalue weighted by atomic mass is 16.5. The molecule has 1 amide bonds. The minimum atomic E-state index is -0.164. The SMILES string of the molecule is Cc1cc(CN2CCN([C@H](C)C(=O)Nc3ccc4ccccc4c3)CC2)no1. The Morgan fingerprint density at radius 1 is 1.11 bits per heavy atom. The van der Waals surface area contributed by atoms with Gasteiger partial charge in [0.25, 0.3) is 0 Å². The van der Waals surface area contributed by atoms with Gasteiger partial charge in [-0.15, -0.1) is 0 Å². The molecule has 1 N–H and O–H groups in total. The Morgan fingerprint density at radius 3 is 2.57 bits per heavy atom.